The molecule has 0 aromatic heterocycles. The zero-order valence-electron chi connectivity index (χ0n) is 12.9. The second-order valence-electron chi connectivity index (χ2n) is 5.13. The number of non-ortho nitro benzene ring substituents is 1. The molecule has 2 aromatic rings. The van der Waals surface area contributed by atoms with Crippen LogP contribution in [0.1, 0.15) is 18.6 Å². The molecule has 0 unspecified atom stereocenters. The third-order valence-corrected chi connectivity index (χ3v) is 3.55. The van der Waals surface area contributed by atoms with Crippen LogP contribution in [0.3, 0.4) is 0 Å². The summed E-state index contributed by atoms with van der Waals surface area (Å²) in [5.41, 5.74) is 1.31. The molecule has 2 rings (SSSR count). The van der Waals surface area contributed by atoms with Crippen molar-refractivity contribution in [1.82, 2.24) is 5.01 Å². The van der Waals surface area contributed by atoms with E-state index in [0.29, 0.717) is 5.69 Å². The number of aliphatic hydroxyl groups is 1. The summed E-state index contributed by atoms with van der Waals surface area (Å²) >= 11 is 0. The molecule has 1 N–H and O–H groups in total. The summed E-state index contributed by atoms with van der Waals surface area (Å²) in [5, 5.41) is 30.5. The number of benzene rings is 2. The number of nitro groups is 1. The van der Waals surface area contributed by atoms with Crippen LogP contribution in [0.15, 0.2) is 64.9 Å². The van der Waals surface area contributed by atoms with Crippen molar-refractivity contribution >= 4 is 11.4 Å². The molecule has 0 heterocycles. The first-order chi connectivity index (χ1) is 11.0. The predicted octanol–water partition coefficient (Wildman–Crippen LogP) is 3.65. The molecule has 0 aliphatic heterocycles. The molecule has 0 saturated heterocycles. The number of hydrogen-bond donors (Lipinski definition) is 1. The van der Waals surface area contributed by atoms with Crippen LogP contribution in [0.4, 0.5) is 11.4 Å². The van der Waals surface area contributed by atoms with E-state index in [1.54, 1.807) is 12.1 Å². The highest BCUT2D eigenvalue weighted by molar-refractivity contribution is 5.43. The Morgan fingerprint density at radius 2 is 1.74 bits per heavy atom. The molecule has 2 atom stereocenters. The van der Waals surface area contributed by atoms with Crippen LogP contribution in [-0.2, 0) is 0 Å². The van der Waals surface area contributed by atoms with Gasteiger partial charge in [-0.05, 0) is 24.6 Å². The van der Waals surface area contributed by atoms with Crippen LogP contribution in [-0.4, -0.2) is 28.1 Å². The van der Waals surface area contributed by atoms with Crippen molar-refractivity contribution in [3.05, 3.63) is 70.3 Å². The number of likely N-dealkylation sites (N-methyl/N-ethyl adjacent to an activating group) is 1. The van der Waals surface area contributed by atoms with Crippen LogP contribution in [0.5, 0.6) is 0 Å². The van der Waals surface area contributed by atoms with Gasteiger partial charge in [0.1, 0.15) is 6.10 Å². The number of nitrogens with zero attached hydrogens (tertiary/aromatic N) is 4. The minimum atomic E-state index is -0.697. The van der Waals surface area contributed by atoms with Gasteiger partial charge in [-0.25, -0.2) is 0 Å². The van der Waals surface area contributed by atoms with Gasteiger partial charge in [0.25, 0.3) is 5.69 Å². The molecule has 120 valence electrons. The van der Waals surface area contributed by atoms with Crippen molar-refractivity contribution < 1.29 is 10.0 Å². The third kappa shape index (κ3) is 4.33. The van der Waals surface area contributed by atoms with Gasteiger partial charge in [-0.3, -0.25) is 15.1 Å². The molecule has 0 saturated carbocycles. The summed E-state index contributed by atoms with van der Waals surface area (Å²) in [6.45, 7) is 1.84. The first-order valence-electron chi connectivity index (χ1n) is 7.11. The average Bonchev–Trinajstić information content (AvgIpc) is 2.59. The molecule has 0 aliphatic carbocycles. The fourth-order valence-corrected chi connectivity index (χ4v) is 1.98. The van der Waals surface area contributed by atoms with Gasteiger partial charge in [0.2, 0.25) is 0 Å². The Hall–Kier alpha value is -2.80. The molecule has 0 amide bonds. The highest BCUT2D eigenvalue weighted by Gasteiger charge is 2.19. The molecule has 2 aromatic carbocycles. The van der Waals surface area contributed by atoms with Crippen LogP contribution in [0.25, 0.3) is 0 Å². The van der Waals surface area contributed by atoms with Crippen molar-refractivity contribution in [3.8, 4) is 0 Å². The minimum absolute atomic E-state index is 0.00479. The number of nitro benzene ring substituents is 1. The fraction of sp³-hybridized carbons (Fsp3) is 0.250. The summed E-state index contributed by atoms with van der Waals surface area (Å²) in [5.74, 6) is 0. The number of hydrogen-bond acceptors (Lipinski definition) is 5. The van der Waals surface area contributed by atoms with Crippen molar-refractivity contribution in [3.63, 3.8) is 0 Å². The Morgan fingerprint density at radius 3 is 2.30 bits per heavy atom. The van der Waals surface area contributed by atoms with Crippen LogP contribution >= 0.6 is 0 Å². The first kappa shape index (κ1) is 16.6. The SMILES string of the molecule is C[C@H]([C@@H](O)c1ccccc1)N(C)N=Nc1ccc([N+](=O)[O-])cc1. The Labute approximate surface area is 134 Å². The lowest BCUT2D eigenvalue weighted by molar-refractivity contribution is -0.384. The quantitative estimate of drug-likeness (QED) is 0.500. The summed E-state index contributed by atoms with van der Waals surface area (Å²) in [4.78, 5) is 10.1. The maximum absolute atomic E-state index is 10.6. The second-order valence-corrected chi connectivity index (χ2v) is 5.13. The van der Waals surface area contributed by atoms with E-state index >= 15 is 0 Å². The monoisotopic (exact) mass is 314 g/mol. The zero-order valence-corrected chi connectivity index (χ0v) is 12.9. The van der Waals surface area contributed by atoms with Gasteiger partial charge < -0.3 is 5.11 Å². The Balaban J connectivity index is 2.02. The van der Waals surface area contributed by atoms with E-state index in [1.807, 2.05) is 37.3 Å². The van der Waals surface area contributed by atoms with Crippen molar-refractivity contribution in [2.45, 2.75) is 19.1 Å². The van der Waals surface area contributed by atoms with Crippen LogP contribution in [0, 0.1) is 10.1 Å². The zero-order chi connectivity index (χ0) is 16.8. The van der Waals surface area contributed by atoms with Gasteiger partial charge in [-0.15, -0.1) is 5.11 Å². The molecule has 0 aliphatic rings. The van der Waals surface area contributed by atoms with Crippen LogP contribution in [0.2, 0.25) is 0 Å². The Morgan fingerprint density at radius 1 is 1.13 bits per heavy atom. The number of rotatable bonds is 6. The second kappa shape index (κ2) is 7.46. The topological polar surface area (TPSA) is 91.3 Å². The Bertz CT molecular complexity index is 673. The third-order valence-electron chi connectivity index (χ3n) is 3.55. The summed E-state index contributed by atoms with van der Waals surface area (Å²) in [6, 6.07) is 14.8. The van der Waals surface area contributed by atoms with Gasteiger partial charge in [0.15, 0.2) is 0 Å². The van der Waals surface area contributed by atoms with Gasteiger partial charge >= 0.3 is 0 Å². The highest BCUT2D eigenvalue weighted by Crippen LogP contribution is 2.22. The normalized spacial score (nSPS) is 13.7. The summed E-state index contributed by atoms with van der Waals surface area (Å²) < 4.78 is 0. The summed E-state index contributed by atoms with van der Waals surface area (Å²) in [6.07, 6.45) is -0.697. The lowest BCUT2D eigenvalue weighted by Crippen LogP contribution is -2.30. The van der Waals surface area contributed by atoms with Crippen molar-refractivity contribution in [2.75, 3.05) is 7.05 Å². The maximum atomic E-state index is 10.6. The molecular weight excluding hydrogens is 296 g/mol. The molecule has 0 spiro atoms. The van der Waals surface area contributed by atoms with E-state index in [1.165, 1.54) is 24.3 Å². The lowest BCUT2D eigenvalue weighted by atomic mass is 10.0. The molecule has 23 heavy (non-hydrogen) atoms. The van der Waals surface area contributed by atoms with Gasteiger partial charge in [-0.1, -0.05) is 35.6 Å². The largest absolute Gasteiger partial charge is 0.386 e. The van der Waals surface area contributed by atoms with Crippen molar-refractivity contribution in [1.29, 1.82) is 0 Å². The fourth-order valence-electron chi connectivity index (χ4n) is 1.98. The van der Waals surface area contributed by atoms with E-state index in [9.17, 15) is 15.2 Å². The van der Waals surface area contributed by atoms with Crippen molar-refractivity contribution in [2.24, 2.45) is 10.3 Å². The van der Waals surface area contributed by atoms with Gasteiger partial charge in [-0.2, -0.15) is 0 Å². The standard InChI is InChI=1S/C16H18N4O3/c1-12(16(21)13-6-4-3-5-7-13)19(2)18-17-14-8-10-15(11-9-14)20(22)23/h3-12,16,21H,1-2H3/t12-,16-/m1/s1. The molecule has 7 heteroatoms. The van der Waals surface area contributed by atoms with Gasteiger partial charge in [0.05, 0.1) is 16.7 Å². The van der Waals surface area contributed by atoms with E-state index in [2.05, 4.69) is 10.3 Å². The van der Waals surface area contributed by atoms with E-state index < -0.39 is 11.0 Å². The van der Waals surface area contributed by atoms with Crippen LogP contribution < -0.4 is 0 Å². The predicted molar refractivity (Wildman–Crippen MR) is 86.2 cm³/mol. The highest BCUT2D eigenvalue weighted by atomic mass is 16.6. The van der Waals surface area contributed by atoms with Gasteiger partial charge in [0, 0.05) is 19.2 Å². The molecule has 0 bridgehead atoms. The lowest BCUT2D eigenvalue weighted by Gasteiger charge is -2.25. The van der Waals surface area contributed by atoms with E-state index in [0.717, 1.165) is 5.56 Å². The molecule has 0 fully saturated rings. The molecule has 7 nitrogen and oxygen atoms in total. The van der Waals surface area contributed by atoms with E-state index in [4.69, 9.17) is 0 Å². The molecule has 0 radical (unpaired) electrons. The first-order valence-corrected chi connectivity index (χ1v) is 7.11. The smallest absolute Gasteiger partial charge is 0.269 e. The Kier molecular flexibility index (Phi) is 5.37. The number of aliphatic hydroxyl groups excluding tert-OH is 1. The average molecular weight is 314 g/mol. The summed E-state index contributed by atoms with van der Waals surface area (Å²) in [7, 11) is 1.71. The van der Waals surface area contributed by atoms with E-state index in [-0.39, 0.29) is 11.7 Å². The maximum Gasteiger partial charge on any atom is 0.269 e. The molecular formula is C16H18N4O3. The minimum Gasteiger partial charge on any atom is -0.386 e.